The average molecular weight is 326 g/mol. The van der Waals surface area contributed by atoms with E-state index in [9.17, 15) is 4.79 Å². The van der Waals surface area contributed by atoms with E-state index in [2.05, 4.69) is 21.2 Å². The molecule has 5 heteroatoms. The van der Waals surface area contributed by atoms with E-state index in [4.69, 9.17) is 0 Å². The van der Waals surface area contributed by atoms with Gasteiger partial charge >= 0.3 is 0 Å². The van der Waals surface area contributed by atoms with Gasteiger partial charge in [0.25, 0.3) is 0 Å². The van der Waals surface area contributed by atoms with Crippen molar-refractivity contribution in [2.24, 2.45) is 11.3 Å². The first-order chi connectivity index (χ1) is 11.4. The van der Waals surface area contributed by atoms with E-state index in [1.54, 1.807) is 6.20 Å². The number of carbonyl (C=O) groups excluding carboxylic acids is 1. The number of rotatable bonds is 3. The quantitative estimate of drug-likeness (QED) is 0.941. The molecule has 1 atom stereocenters. The number of nitrogens with one attached hydrogen (secondary N) is 1. The number of aromatic amines is 1. The summed E-state index contributed by atoms with van der Waals surface area (Å²) in [6, 6.07) is 6.08. The number of carbonyl (C=O) groups is 1. The summed E-state index contributed by atoms with van der Waals surface area (Å²) in [5.41, 5.74) is 2.77. The summed E-state index contributed by atoms with van der Waals surface area (Å²) < 4.78 is 0. The Labute approximate surface area is 143 Å². The molecule has 2 aromatic rings. The number of piperidine rings is 1. The zero-order valence-electron chi connectivity index (χ0n) is 14.7. The van der Waals surface area contributed by atoms with Crippen molar-refractivity contribution in [2.45, 2.75) is 40.0 Å². The van der Waals surface area contributed by atoms with E-state index >= 15 is 0 Å². The number of H-pyrrole nitrogens is 1. The molecule has 1 amide bonds. The van der Waals surface area contributed by atoms with Crippen molar-refractivity contribution in [3.63, 3.8) is 0 Å². The Balaban J connectivity index is 1.62. The first-order valence-electron chi connectivity index (χ1n) is 8.67. The van der Waals surface area contributed by atoms with Gasteiger partial charge in [-0.25, -0.2) is 0 Å². The minimum absolute atomic E-state index is 0.264. The lowest BCUT2D eigenvalue weighted by Crippen LogP contribution is -2.45. The molecule has 5 nitrogen and oxygen atoms in total. The molecule has 0 bridgehead atoms. The van der Waals surface area contributed by atoms with Crippen molar-refractivity contribution in [3.8, 4) is 11.4 Å². The van der Waals surface area contributed by atoms with Crippen LogP contribution in [-0.2, 0) is 11.2 Å². The normalized spacial score (nSPS) is 18.6. The molecule has 0 aliphatic carbocycles. The van der Waals surface area contributed by atoms with E-state index in [0.717, 1.165) is 37.3 Å². The third-order valence-corrected chi connectivity index (χ3v) is 4.57. The van der Waals surface area contributed by atoms with Gasteiger partial charge in [0.2, 0.25) is 5.91 Å². The lowest BCUT2D eigenvalue weighted by Gasteiger charge is -2.36. The predicted molar refractivity (Wildman–Crippen MR) is 94.3 cm³/mol. The molecule has 3 rings (SSSR count). The van der Waals surface area contributed by atoms with Crippen LogP contribution in [0.1, 0.15) is 39.2 Å². The highest BCUT2D eigenvalue weighted by molar-refractivity contribution is 5.81. The van der Waals surface area contributed by atoms with Gasteiger partial charge in [-0.3, -0.25) is 14.9 Å². The lowest BCUT2D eigenvalue weighted by molar-refractivity contribution is -0.141. The topological polar surface area (TPSA) is 61.9 Å². The Bertz CT molecular complexity index is 670. The first kappa shape index (κ1) is 16.7. The van der Waals surface area contributed by atoms with Crippen LogP contribution < -0.4 is 0 Å². The molecule has 0 spiro atoms. The van der Waals surface area contributed by atoms with Gasteiger partial charge in [0.05, 0.1) is 11.4 Å². The van der Waals surface area contributed by atoms with Crippen molar-refractivity contribution in [1.29, 1.82) is 0 Å². The number of hydrogen-bond donors (Lipinski definition) is 1. The Morgan fingerprint density at radius 2 is 2.17 bits per heavy atom. The lowest BCUT2D eigenvalue weighted by atomic mass is 9.88. The summed E-state index contributed by atoms with van der Waals surface area (Å²) in [4.78, 5) is 19.1. The maximum atomic E-state index is 12.5. The van der Waals surface area contributed by atoms with E-state index in [-0.39, 0.29) is 11.3 Å². The predicted octanol–water partition coefficient (Wildman–Crippen LogP) is 3.30. The van der Waals surface area contributed by atoms with Crippen molar-refractivity contribution in [1.82, 2.24) is 20.1 Å². The monoisotopic (exact) mass is 326 g/mol. The van der Waals surface area contributed by atoms with Gasteiger partial charge in [0.15, 0.2) is 0 Å². The van der Waals surface area contributed by atoms with Gasteiger partial charge in [-0.05, 0) is 42.9 Å². The Hall–Kier alpha value is -2.17. The molecule has 128 valence electrons. The second-order valence-corrected chi connectivity index (χ2v) is 7.74. The summed E-state index contributed by atoms with van der Waals surface area (Å²) in [6.07, 6.45) is 6.92. The molecule has 1 aliphatic rings. The Morgan fingerprint density at radius 1 is 1.33 bits per heavy atom. The average Bonchev–Trinajstić information content (AvgIpc) is 3.09. The zero-order valence-corrected chi connectivity index (χ0v) is 14.7. The van der Waals surface area contributed by atoms with Crippen LogP contribution in [0.3, 0.4) is 0 Å². The largest absolute Gasteiger partial charge is 0.342 e. The highest BCUT2D eigenvalue weighted by Gasteiger charge is 2.30. The van der Waals surface area contributed by atoms with Crippen molar-refractivity contribution in [3.05, 3.63) is 36.2 Å². The molecule has 1 N–H and O–H groups in total. The highest BCUT2D eigenvalue weighted by atomic mass is 16.2. The van der Waals surface area contributed by atoms with Crippen LogP contribution in [0.5, 0.6) is 0 Å². The second-order valence-electron chi connectivity index (χ2n) is 7.74. The molecule has 3 heterocycles. The molecule has 1 fully saturated rings. The number of likely N-dealkylation sites (tertiary alicyclic amines) is 1. The smallest absolute Gasteiger partial charge is 0.227 e. The molecular formula is C19H26N4O. The zero-order chi connectivity index (χ0) is 17.2. The number of nitrogens with zero attached hydrogens (tertiary/aromatic N) is 3. The number of amides is 1. The molecular weight excluding hydrogens is 300 g/mol. The van der Waals surface area contributed by atoms with Gasteiger partial charge < -0.3 is 4.90 Å². The fraction of sp³-hybridized carbons (Fsp3) is 0.526. The van der Waals surface area contributed by atoms with Crippen LogP contribution >= 0.6 is 0 Å². The van der Waals surface area contributed by atoms with Crippen molar-refractivity contribution in [2.75, 3.05) is 13.1 Å². The third-order valence-electron chi connectivity index (χ3n) is 4.57. The van der Waals surface area contributed by atoms with E-state index in [0.29, 0.717) is 5.92 Å². The summed E-state index contributed by atoms with van der Waals surface area (Å²) in [5, 5.41) is 6.89. The molecule has 0 saturated carbocycles. The minimum atomic E-state index is -0.296. The SMILES string of the molecule is CC(C)(C)C(=O)N1CCC[C@H](Cc2ccc(-c3ccn[nH]3)nc2)C1. The standard InChI is InChI=1S/C19H26N4O/c1-19(2,3)18(24)23-10-4-5-15(13-23)11-14-6-7-16(20-12-14)17-8-9-21-22-17/h6-9,12,15H,4-5,10-11,13H2,1-3H3,(H,21,22)/t15-/m1/s1. The van der Waals surface area contributed by atoms with Gasteiger partial charge in [-0.1, -0.05) is 26.8 Å². The van der Waals surface area contributed by atoms with Gasteiger partial charge in [-0.2, -0.15) is 5.10 Å². The van der Waals surface area contributed by atoms with Gasteiger partial charge in [-0.15, -0.1) is 0 Å². The number of hydrogen-bond acceptors (Lipinski definition) is 3. The van der Waals surface area contributed by atoms with Crippen molar-refractivity contribution >= 4 is 5.91 Å². The molecule has 0 radical (unpaired) electrons. The maximum Gasteiger partial charge on any atom is 0.227 e. The molecule has 0 unspecified atom stereocenters. The van der Waals surface area contributed by atoms with Gasteiger partial charge in [0.1, 0.15) is 0 Å². The van der Waals surface area contributed by atoms with Crippen LogP contribution in [0.15, 0.2) is 30.6 Å². The molecule has 1 aliphatic heterocycles. The Morgan fingerprint density at radius 3 is 2.79 bits per heavy atom. The van der Waals surface area contributed by atoms with Crippen molar-refractivity contribution < 1.29 is 4.79 Å². The number of aromatic nitrogens is 3. The first-order valence-corrected chi connectivity index (χ1v) is 8.67. The molecule has 0 aromatic carbocycles. The highest BCUT2D eigenvalue weighted by Crippen LogP contribution is 2.25. The minimum Gasteiger partial charge on any atom is -0.342 e. The van der Waals surface area contributed by atoms with Crippen LogP contribution in [0.2, 0.25) is 0 Å². The second kappa shape index (κ2) is 6.75. The van der Waals surface area contributed by atoms with E-state index in [1.165, 1.54) is 12.0 Å². The van der Waals surface area contributed by atoms with Crippen LogP contribution in [0, 0.1) is 11.3 Å². The van der Waals surface area contributed by atoms with E-state index < -0.39 is 0 Å². The van der Waals surface area contributed by atoms with Crippen LogP contribution in [0.4, 0.5) is 0 Å². The van der Waals surface area contributed by atoms with Gasteiger partial charge in [0, 0.05) is 30.9 Å². The number of pyridine rings is 1. The molecule has 1 saturated heterocycles. The third kappa shape index (κ3) is 3.83. The fourth-order valence-corrected chi connectivity index (χ4v) is 3.33. The summed E-state index contributed by atoms with van der Waals surface area (Å²) in [5.74, 6) is 0.782. The van der Waals surface area contributed by atoms with E-state index in [1.807, 2.05) is 44.0 Å². The summed E-state index contributed by atoms with van der Waals surface area (Å²) in [7, 11) is 0. The molecule has 24 heavy (non-hydrogen) atoms. The summed E-state index contributed by atoms with van der Waals surface area (Å²) >= 11 is 0. The molecule has 2 aromatic heterocycles. The fourth-order valence-electron chi connectivity index (χ4n) is 3.33. The maximum absolute atomic E-state index is 12.5. The Kier molecular flexibility index (Phi) is 4.69. The van der Waals surface area contributed by atoms with Crippen LogP contribution in [0.25, 0.3) is 11.4 Å². The van der Waals surface area contributed by atoms with Crippen LogP contribution in [-0.4, -0.2) is 39.1 Å². The summed E-state index contributed by atoms with van der Waals surface area (Å²) in [6.45, 7) is 7.74.